The SMILES string of the molecule is CCC(CO)(CO)NC(=O)c1cc2ccccc2c(Cl)n1. The van der Waals surface area contributed by atoms with Crippen LogP contribution in [0.25, 0.3) is 10.8 Å². The Morgan fingerprint density at radius 2 is 2.00 bits per heavy atom. The average Bonchev–Trinajstić information content (AvgIpc) is 2.52. The zero-order valence-corrected chi connectivity index (χ0v) is 12.4. The van der Waals surface area contributed by atoms with Crippen LogP contribution in [0.3, 0.4) is 0 Å². The van der Waals surface area contributed by atoms with E-state index >= 15 is 0 Å². The lowest BCUT2D eigenvalue weighted by molar-refractivity contribution is 0.0649. The van der Waals surface area contributed by atoms with Crippen molar-refractivity contribution in [2.75, 3.05) is 13.2 Å². The van der Waals surface area contributed by atoms with Crippen molar-refractivity contribution in [2.24, 2.45) is 0 Å². The Balaban J connectivity index is 2.35. The fourth-order valence-electron chi connectivity index (χ4n) is 2.02. The highest BCUT2D eigenvalue weighted by atomic mass is 35.5. The molecule has 1 aromatic heterocycles. The maximum absolute atomic E-state index is 12.3. The number of rotatable bonds is 5. The molecule has 0 aliphatic heterocycles. The first-order chi connectivity index (χ1) is 10.0. The molecule has 2 rings (SSSR count). The molecular weight excluding hydrogens is 292 g/mol. The van der Waals surface area contributed by atoms with Gasteiger partial charge in [0.25, 0.3) is 5.91 Å². The van der Waals surface area contributed by atoms with E-state index < -0.39 is 11.4 Å². The Morgan fingerprint density at radius 3 is 2.62 bits per heavy atom. The predicted molar refractivity (Wildman–Crippen MR) is 81.4 cm³/mol. The number of aliphatic hydroxyl groups excluding tert-OH is 2. The van der Waals surface area contributed by atoms with E-state index in [4.69, 9.17) is 11.6 Å². The average molecular weight is 309 g/mol. The molecule has 21 heavy (non-hydrogen) atoms. The van der Waals surface area contributed by atoms with Gasteiger partial charge in [0, 0.05) is 5.39 Å². The van der Waals surface area contributed by atoms with Crippen molar-refractivity contribution in [3.8, 4) is 0 Å². The summed E-state index contributed by atoms with van der Waals surface area (Å²) in [5, 5.41) is 23.2. The molecule has 1 amide bonds. The number of hydrogen-bond donors (Lipinski definition) is 3. The van der Waals surface area contributed by atoms with E-state index in [9.17, 15) is 15.0 Å². The van der Waals surface area contributed by atoms with Gasteiger partial charge >= 0.3 is 0 Å². The number of fused-ring (bicyclic) bond motifs is 1. The van der Waals surface area contributed by atoms with Gasteiger partial charge in [-0.25, -0.2) is 4.98 Å². The number of amides is 1. The second-order valence-electron chi connectivity index (χ2n) is 4.92. The van der Waals surface area contributed by atoms with Crippen LogP contribution in [0.15, 0.2) is 30.3 Å². The van der Waals surface area contributed by atoms with Gasteiger partial charge in [0.2, 0.25) is 0 Å². The van der Waals surface area contributed by atoms with Crippen molar-refractivity contribution in [3.05, 3.63) is 41.2 Å². The summed E-state index contributed by atoms with van der Waals surface area (Å²) in [5.74, 6) is -0.479. The quantitative estimate of drug-likeness (QED) is 0.735. The summed E-state index contributed by atoms with van der Waals surface area (Å²) in [6.45, 7) is 1.06. The van der Waals surface area contributed by atoms with Crippen LogP contribution in [0, 0.1) is 0 Å². The van der Waals surface area contributed by atoms with Crippen LogP contribution in [-0.4, -0.2) is 39.9 Å². The van der Waals surface area contributed by atoms with E-state index in [2.05, 4.69) is 10.3 Å². The molecule has 6 heteroatoms. The van der Waals surface area contributed by atoms with E-state index in [-0.39, 0.29) is 24.1 Å². The van der Waals surface area contributed by atoms with Gasteiger partial charge in [-0.2, -0.15) is 0 Å². The molecule has 0 radical (unpaired) electrons. The first-order valence-electron chi connectivity index (χ1n) is 6.65. The molecule has 112 valence electrons. The number of carbonyl (C=O) groups excluding carboxylic acids is 1. The number of nitrogens with one attached hydrogen (secondary N) is 1. The molecular formula is C15H17ClN2O3. The van der Waals surface area contributed by atoms with Gasteiger partial charge in [0.05, 0.1) is 18.8 Å². The number of halogens is 1. The zero-order valence-electron chi connectivity index (χ0n) is 11.6. The minimum Gasteiger partial charge on any atom is -0.394 e. The number of hydrogen-bond acceptors (Lipinski definition) is 4. The van der Waals surface area contributed by atoms with Crippen LogP contribution in [0.4, 0.5) is 0 Å². The molecule has 2 aromatic rings. The molecule has 0 aliphatic rings. The number of nitrogens with zero attached hydrogens (tertiary/aromatic N) is 1. The monoisotopic (exact) mass is 308 g/mol. The third-order valence-corrected chi connectivity index (χ3v) is 3.88. The molecule has 0 saturated carbocycles. The largest absolute Gasteiger partial charge is 0.394 e. The second kappa shape index (κ2) is 6.39. The number of aromatic nitrogens is 1. The summed E-state index contributed by atoms with van der Waals surface area (Å²) < 4.78 is 0. The Kier molecular flexibility index (Phi) is 4.77. The fraction of sp³-hybridized carbons (Fsp3) is 0.333. The van der Waals surface area contributed by atoms with Gasteiger partial charge in [0.15, 0.2) is 0 Å². The number of aliphatic hydroxyl groups is 2. The Morgan fingerprint density at radius 1 is 1.33 bits per heavy atom. The third-order valence-electron chi connectivity index (χ3n) is 3.59. The highest BCUT2D eigenvalue weighted by Gasteiger charge is 2.29. The maximum atomic E-state index is 12.3. The molecule has 0 aliphatic carbocycles. The van der Waals surface area contributed by atoms with Crippen LogP contribution in [0.5, 0.6) is 0 Å². The molecule has 1 heterocycles. The molecule has 0 saturated heterocycles. The summed E-state index contributed by atoms with van der Waals surface area (Å²) in [6.07, 6.45) is 0.396. The minimum absolute atomic E-state index is 0.151. The standard InChI is InChI=1S/C15H17ClN2O3/c1-2-15(8-19,9-20)18-14(21)12-7-10-5-3-4-6-11(10)13(16)17-12/h3-7,19-20H,2,8-9H2,1H3,(H,18,21). The van der Waals surface area contributed by atoms with E-state index in [1.54, 1.807) is 13.0 Å². The number of benzene rings is 1. The number of pyridine rings is 1. The Labute approximate surface area is 127 Å². The van der Waals surface area contributed by atoms with Gasteiger partial charge in [-0.05, 0) is 17.9 Å². The molecule has 0 fully saturated rings. The van der Waals surface area contributed by atoms with Crippen LogP contribution in [0.2, 0.25) is 5.15 Å². The van der Waals surface area contributed by atoms with Gasteiger partial charge in [0.1, 0.15) is 10.8 Å². The van der Waals surface area contributed by atoms with Crippen molar-refractivity contribution in [1.82, 2.24) is 10.3 Å². The summed E-state index contributed by atoms with van der Waals surface area (Å²) in [6, 6.07) is 8.98. The molecule has 0 bridgehead atoms. The third kappa shape index (κ3) is 3.15. The van der Waals surface area contributed by atoms with Crippen LogP contribution >= 0.6 is 11.6 Å². The molecule has 0 unspecified atom stereocenters. The van der Waals surface area contributed by atoms with E-state index in [1.807, 2.05) is 24.3 Å². The maximum Gasteiger partial charge on any atom is 0.270 e. The van der Waals surface area contributed by atoms with E-state index in [1.165, 1.54) is 0 Å². The Hall–Kier alpha value is -1.69. The molecule has 5 nitrogen and oxygen atoms in total. The lowest BCUT2D eigenvalue weighted by atomic mass is 9.98. The molecule has 0 atom stereocenters. The van der Waals surface area contributed by atoms with Gasteiger partial charge in [-0.1, -0.05) is 42.8 Å². The fourth-order valence-corrected chi connectivity index (χ4v) is 2.28. The van der Waals surface area contributed by atoms with Crippen LogP contribution in [-0.2, 0) is 0 Å². The minimum atomic E-state index is -1.06. The summed E-state index contributed by atoms with van der Waals surface area (Å²) in [7, 11) is 0. The van der Waals surface area contributed by atoms with Gasteiger partial charge < -0.3 is 15.5 Å². The number of carbonyl (C=O) groups is 1. The second-order valence-corrected chi connectivity index (χ2v) is 5.28. The normalized spacial score (nSPS) is 11.6. The summed E-state index contributed by atoms with van der Waals surface area (Å²) in [5.41, 5.74) is -0.907. The highest BCUT2D eigenvalue weighted by molar-refractivity contribution is 6.34. The first kappa shape index (κ1) is 15.7. The van der Waals surface area contributed by atoms with Crippen LogP contribution in [0.1, 0.15) is 23.8 Å². The van der Waals surface area contributed by atoms with Crippen LogP contribution < -0.4 is 5.32 Å². The first-order valence-corrected chi connectivity index (χ1v) is 7.02. The smallest absolute Gasteiger partial charge is 0.270 e. The summed E-state index contributed by atoms with van der Waals surface area (Å²) >= 11 is 6.09. The van der Waals surface area contributed by atoms with Gasteiger partial charge in [-0.15, -0.1) is 0 Å². The molecule has 1 aromatic carbocycles. The molecule has 3 N–H and O–H groups in total. The van der Waals surface area contributed by atoms with E-state index in [0.717, 1.165) is 10.8 Å². The van der Waals surface area contributed by atoms with Crippen molar-refractivity contribution in [1.29, 1.82) is 0 Å². The highest BCUT2D eigenvalue weighted by Crippen LogP contribution is 2.22. The van der Waals surface area contributed by atoms with Crippen molar-refractivity contribution in [3.63, 3.8) is 0 Å². The zero-order chi connectivity index (χ0) is 15.5. The lowest BCUT2D eigenvalue weighted by Gasteiger charge is -2.29. The summed E-state index contributed by atoms with van der Waals surface area (Å²) in [4.78, 5) is 16.4. The Bertz CT molecular complexity index is 648. The van der Waals surface area contributed by atoms with Crippen molar-refractivity contribution in [2.45, 2.75) is 18.9 Å². The van der Waals surface area contributed by atoms with Crippen molar-refractivity contribution < 1.29 is 15.0 Å². The van der Waals surface area contributed by atoms with Crippen molar-refractivity contribution >= 4 is 28.3 Å². The predicted octanol–water partition coefficient (Wildman–Crippen LogP) is 1.75. The van der Waals surface area contributed by atoms with E-state index in [0.29, 0.717) is 6.42 Å². The lowest BCUT2D eigenvalue weighted by Crippen LogP contribution is -2.53. The molecule has 0 spiro atoms. The topological polar surface area (TPSA) is 82.5 Å². The van der Waals surface area contributed by atoms with Gasteiger partial charge in [-0.3, -0.25) is 4.79 Å².